The second-order valence-electron chi connectivity index (χ2n) is 5.44. The number of methoxy groups -OCH3 is 1. The van der Waals surface area contributed by atoms with Crippen molar-refractivity contribution in [1.29, 1.82) is 0 Å². The molecule has 1 aliphatic rings. The van der Waals surface area contributed by atoms with E-state index in [0.29, 0.717) is 13.0 Å². The Hall–Kier alpha value is -2.01. The van der Waals surface area contributed by atoms with Crippen LogP contribution >= 0.6 is 0 Å². The van der Waals surface area contributed by atoms with Gasteiger partial charge in [0.15, 0.2) is 0 Å². The molecule has 1 N–H and O–H groups in total. The summed E-state index contributed by atoms with van der Waals surface area (Å²) in [4.78, 5) is 14.1. The van der Waals surface area contributed by atoms with Crippen LogP contribution in [0.15, 0.2) is 28.9 Å². The van der Waals surface area contributed by atoms with Gasteiger partial charge in [0.25, 0.3) is 0 Å². The first-order valence-electron chi connectivity index (χ1n) is 7.17. The monoisotopic (exact) mass is 289 g/mol. The Kier molecular flexibility index (Phi) is 3.84. The summed E-state index contributed by atoms with van der Waals surface area (Å²) < 4.78 is 10.7. The quantitative estimate of drug-likeness (QED) is 0.938. The molecule has 0 bridgehead atoms. The smallest absolute Gasteiger partial charge is 0.227 e. The summed E-state index contributed by atoms with van der Waals surface area (Å²) in [6, 6.07) is 5.58. The molecule has 0 spiro atoms. The minimum atomic E-state index is -0.395. The lowest BCUT2D eigenvalue weighted by atomic mass is 10.1. The number of aliphatic hydroxyl groups is 1. The van der Waals surface area contributed by atoms with Gasteiger partial charge in [-0.05, 0) is 25.0 Å². The van der Waals surface area contributed by atoms with E-state index in [2.05, 4.69) is 0 Å². The van der Waals surface area contributed by atoms with E-state index in [0.717, 1.165) is 41.7 Å². The van der Waals surface area contributed by atoms with E-state index in [1.54, 1.807) is 18.3 Å². The fourth-order valence-electron chi connectivity index (χ4n) is 2.78. The maximum Gasteiger partial charge on any atom is 0.227 e. The summed E-state index contributed by atoms with van der Waals surface area (Å²) in [7, 11) is 1.61. The van der Waals surface area contributed by atoms with E-state index in [9.17, 15) is 9.90 Å². The molecule has 1 saturated heterocycles. The molecule has 5 nitrogen and oxygen atoms in total. The van der Waals surface area contributed by atoms with Crippen molar-refractivity contribution in [3.8, 4) is 5.75 Å². The number of carbonyl (C=O) groups excluding carboxylic acids is 1. The highest BCUT2D eigenvalue weighted by Gasteiger charge is 2.23. The third-order valence-electron chi connectivity index (χ3n) is 3.95. The van der Waals surface area contributed by atoms with E-state index in [-0.39, 0.29) is 5.91 Å². The van der Waals surface area contributed by atoms with Crippen LogP contribution in [-0.2, 0) is 11.2 Å². The molecular formula is C16H19NO4. The topological polar surface area (TPSA) is 62.9 Å². The van der Waals surface area contributed by atoms with Crippen molar-refractivity contribution in [1.82, 2.24) is 4.90 Å². The molecule has 1 amide bonds. The molecule has 1 fully saturated rings. The van der Waals surface area contributed by atoms with Crippen LogP contribution in [-0.4, -0.2) is 42.2 Å². The summed E-state index contributed by atoms with van der Waals surface area (Å²) in [6.45, 7) is 1.15. The summed E-state index contributed by atoms with van der Waals surface area (Å²) in [5.41, 5.74) is 1.59. The van der Waals surface area contributed by atoms with Crippen molar-refractivity contribution in [3.05, 3.63) is 30.0 Å². The molecule has 2 aromatic rings. The fourth-order valence-corrected chi connectivity index (χ4v) is 2.78. The Balaban J connectivity index is 1.76. The van der Waals surface area contributed by atoms with Crippen LogP contribution in [0.2, 0.25) is 0 Å². The van der Waals surface area contributed by atoms with E-state index in [4.69, 9.17) is 9.15 Å². The normalized spacial score (nSPS) is 19.0. The van der Waals surface area contributed by atoms with Crippen molar-refractivity contribution < 1.29 is 19.1 Å². The van der Waals surface area contributed by atoms with Gasteiger partial charge in [-0.2, -0.15) is 0 Å². The van der Waals surface area contributed by atoms with Gasteiger partial charge in [-0.3, -0.25) is 4.79 Å². The highest BCUT2D eigenvalue weighted by molar-refractivity contribution is 5.88. The number of carbonyl (C=O) groups is 1. The van der Waals surface area contributed by atoms with Gasteiger partial charge in [-0.15, -0.1) is 0 Å². The summed E-state index contributed by atoms with van der Waals surface area (Å²) in [5, 5.41) is 10.6. The highest BCUT2D eigenvalue weighted by Crippen LogP contribution is 2.26. The zero-order valence-electron chi connectivity index (χ0n) is 12.0. The number of likely N-dealkylation sites (tertiary alicyclic amines) is 1. The first-order valence-corrected chi connectivity index (χ1v) is 7.17. The lowest BCUT2D eigenvalue weighted by Crippen LogP contribution is -2.42. The highest BCUT2D eigenvalue weighted by atomic mass is 16.5. The largest absolute Gasteiger partial charge is 0.497 e. The average Bonchev–Trinajstić information content (AvgIpc) is 2.89. The second kappa shape index (κ2) is 5.77. The standard InChI is InChI=1S/C16H19NO4/c1-20-13-4-5-14-11(10-21-15(14)8-13)7-16(19)17-6-2-3-12(18)9-17/h4-5,8,10,12,18H,2-3,6-7,9H2,1H3. The van der Waals surface area contributed by atoms with Crippen molar-refractivity contribution in [2.75, 3.05) is 20.2 Å². The number of β-amino-alcohol motifs (C(OH)–C–C–N with tert-alkyl or cyclic N) is 1. The van der Waals surface area contributed by atoms with Crippen molar-refractivity contribution in [3.63, 3.8) is 0 Å². The van der Waals surface area contributed by atoms with Crippen LogP contribution in [0.3, 0.4) is 0 Å². The van der Waals surface area contributed by atoms with Gasteiger partial charge in [0, 0.05) is 30.1 Å². The molecule has 5 heteroatoms. The molecule has 1 aliphatic heterocycles. The molecule has 112 valence electrons. The number of rotatable bonds is 3. The number of nitrogens with zero attached hydrogens (tertiary/aromatic N) is 1. The maximum atomic E-state index is 12.3. The van der Waals surface area contributed by atoms with Crippen LogP contribution < -0.4 is 4.74 Å². The molecule has 2 heterocycles. The molecule has 21 heavy (non-hydrogen) atoms. The van der Waals surface area contributed by atoms with Crippen molar-refractivity contribution in [2.45, 2.75) is 25.4 Å². The Morgan fingerprint density at radius 1 is 1.52 bits per heavy atom. The molecular weight excluding hydrogens is 270 g/mol. The number of furan rings is 1. The van der Waals surface area contributed by atoms with Gasteiger partial charge >= 0.3 is 0 Å². The van der Waals surface area contributed by atoms with E-state index in [1.807, 2.05) is 18.2 Å². The number of fused-ring (bicyclic) bond motifs is 1. The number of hydrogen-bond acceptors (Lipinski definition) is 4. The summed E-state index contributed by atoms with van der Waals surface area (Å²) >= 11 is 0. The minimum Gasteiger partial charge on any atom is -0.497 e. The predicted octanol–water partition coefficient (Wildman–Crippen LogP) is 1.97. The third-order valence-corrected chi connectivity index (χ3v) is 3.95. The number of piperidine rings is 1. The van der Waals surface area contributed by atoms with Gasteiger partial charge in [0.05, 0.1) is 25.9 Å². The van der Waals surface area contributed by atoms with Crippen molar-refractivity contribution >= 4 is 16.9 Å². The van der Waals surface area contributed by atoms with E-state index >= 15 is 0 Å². The fraction of sp³-hybridized carbons (Fsp3) is 0.438. The van der Waals surface area contributed by atoms with Gasteiger partial charge < -0.3 is 19.2 Å². The lowest BCUT2D eigenvalue weighted by molar-refractivity contribution is -0.133. The first kappa shape index (κ1) is 13.9. The Bertz CT molecular complexity index is 649. The molecule has 0 aliphatic carbocycles. The van der Waals surface area contributed by atoms with E-state index in [1.165, 1.54) is 0 Å². The Morgan fingerprint density at radius 2 is 2.38 bits per heavy atom. The van der Waals surface area contributed by atoms with Crippen LogP contribution in [0.4, 0.5) is 0 Å². The maximum absolute atomic E-state index is 12.3. The van der Waals surface area contributed by atoms with Gasteiger partial charge in [-0.25, -0.2) is 0 Å². The molecule has 0 radical (unpaired) electrons. The Labute approximate surface area is 123 Å². The SMILES string of the molecule is COc1ccc2c(CC(=O)N3CCCC(O)C3)coc2c1. The van der Waals surface area contributed by atoms with Crippen LogP contribution in [0.25, 0.3) is 11.0 Å². The molecule has 1 unspecified atom stereocenters. The Morgan fingerprint density at radius 3 is 3.14 bits per heavy atom. The molecule has 1 atom stereocenters. The number of amides is 1. The summed E-state index contributed by atoms with van der Waals surface area (Å²) in [6.07, 6.45) is 3.16. The zero-order chi connectivity index (χ0) is 14.8. The van der Waals surface area contributed by atoms with Crippen LogP contribution in [0.1, 0.15) is 18.4 Å². The van der Waals surface area contributed by atoms with Gasteiger partial charge in [0.2, 0.25) is 5.91 Å². The second-order valence-corrected chi connectivity index (χ2v) is 5.44. The van der Waals surface area contributed by atoms with E-state index < -0.39 is 6.10 Å². The number of benzene rings is 1. The first-order chi connectivity index (χ1) is 10.2. The molecule has 1 aromatic carbocycles. The lowest BCUT2D eigenvalue weighted by Gasteiger charge is -2.30. The average molecular weight is 289 g/mol. The number of ether oxygens (including phenoxy) is 1. The summed E-state index contributed by atoms with van der Waals surface area (Å²) in [5.74, 6) is 0.765. The number of hydrogen-bond donors (Lipinski definition) is 1. The van der Waals surface area contributed by atoms with Gasteiger partial charge in [0.1, 0.15) is 11.3 Å². The molecule has 3 rings (SSSR count). The van der Waals surface area contributed by atoms with Crippen LogP contribution in [0, 0.1) is 0 Å². The van der Waals surface area contributed by atoms with Crippen LogP contribution in [0.5, 0.6) is 5.75 Å². The zero-order valence-corrected chi connectivity index (χ0v) is 12.0. The third kappa shape index (κ3) is 2.88. The predicted molar refractivity (Wildman–Crippen MR) is 78.3 cm³/mol. The van der Waals surface area contributed by atoms with Crippen molar-refractivity contribution in [2.24, 2.45) is 0 Å². The minimum absolute atomic E-state index is 0.0345. The number of aliphatic hydroxyl groups excluding tert-OH is 1. The molecule has 1 aromatic heterocycles. The van der Waals surface area contributed by atoms with Gasteiger partial charge in [-0.1, -0.05) is 0 Å². The molecule has 0 saturated carbocycles.